The molecule has 2 aromatic carbocycles. The number of hydrogen-bond acceptors (Lipinski definition) is 2. The van der Waals surface area contributed by atoms with Crippen LogP contribution in [-0.4, -0.2) is 13.2 Å². The second-order valence-corrected chi connectivity index (χ2v) is 6.54. The summed E-state index contributed by atoms with van der Waals surface area (Å²) in [6.45, 7) is 0. The number of methoxy groups -OCH3 is 1. The molecule has 0 heterocycles. The Morgan fingerprint density at radius 1 is 1.09 bits per heavy atom. The molecule has 0 aromatic heterocycles. The van der Waals surface area contributed by atoms with Crippen LogP contribution in [0.1, 0.15) is 47.9 Å². The number of aryl methyl sites for hydroxylation is 1. The molecule has 0 saturated heterocycles. The molecule has 4 rings (SSSR count). The first-order valence-electron chi connectivity index (χ1n) is 8.33. The minimum absolute atomic E-state index is 0.484. The Balaban J connectivity index is 1.49. The van der Waals surface area contributed by atoms with E-state index in [4.69, 9.17) is 4.74 Å². The van der Waals surface area contributed by atoms with E-state index in [2.05, 4.69) is 53.8 Å². The van der Waals surface area contributed by atoms with E-state index in [1.165, 1.54) is 42.4 Å². The van der Waals surface area contributed by atoms with Crippen LogP contribution in [0.3, 0.4) is 0 Å². The molecular formula is C20H23NO. The Kier molecular flexibility index (Phi) is 3.63. The van der Waals surface area contributed by atoms with E-state index in [1.54, 1.807) is 7.11 Å². The quantitative estimate of drug-likeness (QED) is 0.911. The van der Waals surface area contributed by atoms with Gasteiger partial charge in [0.25, 0.3) is 0 Å². The number of benzene rings is 2. The second kappa shape index (κ2) is 5.77. The highest BCUT2D eigenvalue weighted by Crippen LogP contribution is 2.43. The summed E-state index contributed by atoms with van der Waals surface area (Å²) in [6, 6.07) is 18.6. The van der Waals surface area contributed by atoms with Crippen molar-refractivity contribution in [2.45, 2.75) is 43.7 Å². The highest BCUT2D eigenvalue weighted by Gasteiger charge is 2.40. The Bertz CT molecular complexity index is 652. The van der Waals surface area contributed by atoms with Gasteiger partial charge < -0.3 is 10.1 Å². The number of rotatable bonds is 4. The number of fused-ring (bicyclic) bond motifs is 1. The molecule has 0 bridgehead atoms. The van der Waals surface area contributed by atoms with Crippen LogP contribution in [0.2, 0.25) is 0 Å². The van der Waals surface area contributed by atoms with E-state index >= 15 is 0 Å². The van der Waals surface area contributed by atoms with Crippen LogP contribution >= 0.6 is 0 Å². The van der Waals surface area contributed by atoms with Gasteiger partial charge in [-0.1, -0.05) is 36.4 Å². The molecule has 2 heteroatoms. The van der Waals surface area contributed by atoms with Crippen LogP contribution in [-0.2, 0) is 6.42 Å². The third-order valence-corrected chi connectivity index (χ3v) is 5.10. The van der Waals surface area contributed by atoms with Gasteiger partial charge in [0.2, 0.25) is 0 Å². The predicted molar refractivity (Wildman–Crippen MR) is 89.4 cm³/mol. The van der Waals surface area contributed by atoms with Gasteiger partial charge >= 0.3 is 0 Å². The molecule has 1 N–H and O–H groups in total. The minimum atomic E-state index is 0.484. The molecule has 114 valence electrons. The van der Waals surface area contributed by atoms with E-state index < -0.39 is 0 Å². The lowest BCUT2D eigenvalue weighted by Gasteiger charge is -2.27. The summed E-state index contributed by atoms with van der Waals surface area (Å²) in [4.78, 5) is 0. The summed E-state index contributed by atoms with van der Waals surface area (Å²) >= 11 is 0. The zero-order valence-electron chi connectivity index (χ0n) is 13.1. The lowest BCUT2D eigenvalue weighted by atomic mass is 9.87. The van der Waals surface area contributed by atoms with Crippen molar-refractivity contribution in [3.05, 3.63) is 65.2 Å². The molecule has 1 fully saturated rings. The average Bonchev–Trinajstić information content (AvgIpc) is 3.35. The van der Waals surface area contributed by atoms with Crippen LogP contribution < -0.4 is 10.1 Å². The summed E-state index contributed by atoms with van der Waals surface area (Å²) in [6.07, 6.45) is 4.97. The number of nitrogens with one attached hydrogen (secondary N) is 1. The Labute approximate surface area is 132 Å². The fraction of sp³-hybridized carbons (Fsp3) is 0.400. The van der Waals surface area contributed by atoms with Crippen molar-refractivity contribution in [1.29, 1.82) is 0 Å². The second-order valence-electron chi connectivity index (χ2n) is 6.54. The van der Waals surface area contributed by atoms with Crippen molar-refractivity contribution in [3.8, 4) is 5.75 Å². The van der Waals surface area contributed by atoms with Gasteiger partial charge in [0.15, 0.2) is 0 Å². The number of ether oxygens (including phenoxy) is 1. The van der Waals surface area contributed by atoms with Crippen LogP contribution in [0.25, 0.3) is 0 Å². The topological polar surface area (TPSA) is 21.3 Å². The van der Waals surface area contributed by atoms with Crippen LogP contribution in [0.15, 0.2) is 48.5 Å². The van der Waals surface area contributed by atoms with Crippen molar-refractivity contribution < 1.29 is 4.74 Å². The largest absolute Gasteiger partial charge is 0.497 e. The molecule has 0 aliphatic heterocycles. The third kappa shape index (κ3) is 2.64. The van der Waals surface area contributed by atoms with Crippen molar-refractivity contribution in [3.63, 3.8) is 0 Å². The predicted octanol–water partition coefficient (Wildman–Crippen LogP) is 4.22. The molecule has 3 atom stereocenters. The fourth-order valence-electron chi connectivity index (χ4n) is 3.78. The van der Waals surface area contributed by atoms with Gasteiger partial charge in [0.1, 0.15) is 5.75 Å². The summed E-state index contributed by atoms with van der Waals surface area (Å²) in [5.41, 5.74) is 4.41. The van der Waals surface area contributed by atoms with Crippen molar-refractivity contribution >= 4 is 0 Å². The summed E-state index contributed by atoms with van der Waals surface area (Å²) in [5, 5.41) is 3.89. The lowest BCUT2D eigenvalue weighted by molar-refractivity contribution is 0.408. The van der Waals surface area contributed by atoms with Crippen LogP contribution in [0, 0.1) is 0 Å². The first-order valence-corrected chi connectivity index (χ1v) is 8.33. The molecule has 1 unspecified atom stereocenters. The van der Waals surface area contributed by atoms with Crippen LogP contribution in [0.5, 0.6) is 5.75 Å². The maximum Gasteiger partial charge on any atom is 0.119 e. The van der Waals surface area contributed by atoms with E-state index in [9.17, 15) is 0 Å². The average molecular weight is 293 g/mol. The summed E-state index contributed by atoms with van der Waals surface area (Å²) in [7, 11) is 1.75. The normalized spacial score (nSPS) is 26.3. The maximum atomic E-state index is 5.41. The molecule has 22 heavy (non-hydrogen) atoms. The molecule has 1 saturated carbocycles. The first kappa shape index (κ1) is 13.8. The van der Waals surface area contributed by atoms with Crippen molar-refractivity contribution in [1.82, 2.24) is 5.32 Å². The molecule has 2 aliphatic rings. The highest BCUT2D eigenvalue weighted by atomic mass is 16.5. The Morgan fingerprint density at radius 2 is 1.95 bits per heavy atom. The molecular weight excluding hydrogens is 270 g/mol. The Hall–Kier alpha value is -1.80. The van der Waals surface area contributed by atoms with Gasteiger partial charge in [-0.25, -0.2) is 0 Å². The molecule has 2 aromatic rings. The zero-order chi connectivity index (χ0) is 14.9. The smallest absolute Gasteiger partial charge is 0.119 e. The van der Waals surface area contributed by atoms with Gasteiger partial charge in [0, 0.05) is 18.0 Å². The Morgan fingerprint density at radius 3 is 2.77 bits per heavy atom. The SMILES string of the molecule is COc1ccc2c(c1)C(N[C@@H]1C[C@H]1c1ccccc1)CCC2. The fourth-order valence-corrected chi connectivity index (χ4v) is 3.78. The maximum absolute atomic E-state index is 5.41. The highest BCUT2D eigenvalue weighted by molar-refractivity contribution is 5.40. The first-order chi connectivity index (χ1) is 10.8. The standard InChI is InChI=1S/C20H23NO/c1-22-16-11-10-15-8-5-9-19(17(15)12-16)21-20-13-18(20)14-6-3-2-4-7-14/h2-4,6-7,10-12,18-21H,5,8-9,13H2,1H3/t18-,19?,20+/m0/s1. The van der Waals surface area contributed by atoms with E-state index in [1.807, 2.05) is 0 Å². The third-order valence-electron chi connectivity index (χ3n) is 5.10. The molecule has 0 spiro atoms. The van der Waals surface area contributed by atoms with E-state index in [0.29, 0.717) is 18.0 Å². The van der Waals surface area contributed by atoms with Crippen LogP contribution in [0.4, 0.5) is 0 Å². The summed E-state index contributed by atoms with van der Waals surface area (Å²) in [5.74, 6) is 1.67. The van der Waals surface area contributed by atoms with E-state index in [0.717, 1.165) is 5.75 Å². The van der Waals surface area contributed by atoms with Crippen molar-refractivity contribution in [2.24, 2.45) is 0 Å². The monoisotopic (exact) mass is 293 g/mol. The molecule has 2 nitrogen and oxygen atoms in total. The minimum Gasteiger partial charge on any atom is -0.497 e. The van der Waals surface area contributed by atoms with Gasteiger partial charge in [-0.2, -0.15) is 0 Å². The van der Waals surface area contributed by atoms with Crippen molar-refractivity contribution in [2.75, 3.05) is 7.11 Å². The zero-order valence-corrected chi connectivity index (χ0v) is 13.1. The summed E-state index contributed by atoms with van der Waals surface area (Å²) < 4.78 is 5.41. The van der Waals surface area contributed by atoms with Gasteiger partial charge in [-0.3, -0.25) is 0 Å². The van der Waals surface area contributed by atoms with Gasteiger partial charge in [-0.05, 0) is 54.5 Å². The molecule has 2 aliphatic carbocycles. The molecule has 0 radical (unpaired) electrons. The lowest BCUT2D eigenvalue weighted by Crippen LogP contribution is -2.27. The van der Waals surface area contributed by atoms with E-state index in [-0.39, 0.29) is 0 Å². The van der Waals surface area contributed by atoms with Gasteiger partial charge in [0.05, 0.1) is 7.11 Å². The van der Waals surface area contributed by atoms with Gasteiger partial charge in [-0.15, -0.1) is 0 Å². The number of hydrogen-bond donors (Lipinski definition) is 1. The molecule has 0 amide bonds.